The van der Waals surface area contributed by atoms with Gasteiger partial charge < -0.3 is 10.6 Å². The first kappa shape index (κ1) is 20.7. The van der Waals surface area contributed by atoms with Gasteiger partial charge in [0.05, 0.1) is 0 Å². The number of rotatable bonds is 10. The zero-order valence-corrected chi connectivity index (χ0v) is 11.7. The van der Waals surface area contributed by atoms with E-state index in [1.165, 1.54) is 0 Å². The van der Waals surface area contributed by atoms with Gasteiger partial charge in [-0.3, -0.25) is 9.59 Å². The second kappa shape index (κ2) is 9.65. The molecule has 0 aliphatic carbocycles. The largest absolute Gasteiger partial charge is 0.471 e. The molecule has 0 radical (unpaired) electrons. The van der Waals surface area contributed by atoms with Crippen molar-refractivity contribution in [3.8, 4) is 0 Å². The molecular weight excluding hydrogens is 318 g/mol. The van der Waals surface area contributed by atoms with E-state index in [1.54, 1.807) is 5.32 Å². The Bertz CT molecular complexity index is 321. The average molecular weight is 336 g/mol. The Hall–Kier alpha value is -1.32. The van der Waals surface area contributed by atoms with E-state index in [9.17, 15) is 35.9 Å². The van der Waals surface area contributed by atoms with Crippen LogP contribution in [-0.4, -0.2) is 43.7 Å². The minimum atomic E-state index is -4.89. The van der Waals surface area contributed by atoms with Gasteiger partial charge in [0.15, 0.2) is 0 Å². The van der Waals surface area contributed by atoms with E-state index in [0.717, 1.165) is 0 Å². The lowest BCUT2D eigenvalue weighted by molar-refractivity contribution is -0.173. The third-order valence-electron chi connectivity index (χ3n) is 2.65. The monoisotopic (exact) mass is 336 g/mol. The number of nitrogens with one attached hydrogen (secondary N) is 2. The molecule has 10 heteroatoms. The quantitative estimate of drug-likeness (QED) is 0.476. The average Bonchev–Trinajstić information content (AvgIpc) is 2.38. The van der Waals surface area contributed by atoms with Crippen LogP contribution in [0.25, 0.3) is 0 Å². The molecule has 4 nitrogen and oxygen atoms in total. The molecular formula is C12H18F6N2O2. The van der Waals surface area contributed by atoms with Crippen molar-refractivity contribution < 1.29 is 35.9 Å². The molecule has 0 saturated heterocycles. The molecule has 0 aromatic carbocycles. The molecule has 0 fully saturated rings. The van der Waals surface area contributed by atoms with Gasteiger partial charge in [-0.2, -0.15) is 26.3 Å². The molecule has 130 valence electrons. The van der Waals surface area contributed by atoms with Crippen molar-refractivity contribution in [2.24, 2.45) is 0 Å². The molecule has 0 saturated carbocycles. The minimum Gasteiger partial charge on any atom is -0.348 e. The van der Waals surface area contributed by atoms with E-state index in [1.807, 2.05) is 0 Å². The first-order valence-corrected chi connectivity index (χ1v) is 6.71. The molecule has 0 aliphatic heterocycles. The van der Waals surface area contributed by atoms with Crippen LogP contribution in [0.3, 0.4) is 0 Å². The van der Waals surface area contributed by atoms with Crippen molar-refractivity contribution >= 4 is 11.7 Å². The van der Waals surface area contributed by atoms with Crippen molar-refractivity contribution in [2.45, 2.75) is 44.5 Å². The summed E-state index contributed by atoms with van der Waals surface area (Å²) in [6.07, 6.45) is -8.76. The predicted molar refractivity (Wildman–Crippen MR) is 66.1 cm³/mol. The highest BCUT2D eigenvalue weighted by Crippen LogP contribution is 2.19. The highest BCUT2D eigenvalue weighted by atomic mass is 19.4. The fraction of sp³-hybridized carbons (Fsp3) is 0.833. The van der Waals surface area contributed by atoms with E-state index < -0.39 is 30.5 Å². The zero-order valence-electron chi connectivity index (χ0n) is 11.7. The first-order valence-electron chi connectivity index (χ1n) is 6.71. The number of ketones is 1. The van der Waals surface area contributed by atoms with Gasteiger partial charge in [-0.1, -0.05) is 6.42 Å². The number of hydrogen-bond donors (Lipinski definition) is 2. The molecule has 0 rings (SSSR count). The lowest BCUT2D eigenvalue weighted by Gasteiger charge is -2.08. The zero-order chi connectivity index (χ0) is 17.2. The van der Waals surface area contributed by atoms with Crippen LogP contribution in [0.1, 0.15) is 32.1 Å². The van der Waals surface area contributed by atoms with Gasteiger partial charge in [0.2, 0.25) is 5.78 Å². The molecule has 0 aromatic rings. The fourth-order valence-electron chi connectivity index (χ4n) is 1.49. The van der Waals surface area contributed by atoms with Crippen molar-refractivity contribution in [2.75, 3.05) is 19.6 Å². The van der Waals surface area contributed by atoms with Crippen molar-refractivity contribution in [3.05, 3.63) is 0 Å². The normalized spacial score (nSPS) is 12.3. The lowest BCUT2D eigenvalue weighted by atomic mass is 10.1. The number of unbranched alkanes of at least 4 members (excludes halogenated alkanes) is 2. The SMILES string of the molecule is O=C(CCCCCNCCCNC(=O)C(F)(F)F)C(F)(F)F. The van der Waals surface area contributed by atoms with Crippen LogP contribution in [-0.2, 0) is 9.59 Å². The maximum Gasteiger partial charge on any atom is 0.471 e. The summed E-state index contributed by atoms with van der Waals surface area (Å²) in [7, 11) is 0. The predicted octanol–water partition coefficient (Wildman–Crippen LogP) is 2.34. The van der Waals surface area contributed by atoms with Gasteiger partial charge >= 0.3 is 18.3 Å². The number of amides is 1. The lowest BCUT2D eigenvalue weighted by Crippen LogP contribution is -2.38. The Labute approximate surface area is 123 Å². The first-order chi connectivity index (χ1) is 10.0. The third kappa shape index (κ3) is 10.4. The Kier molecular flexibility index (Phi) is 9.07. The molecule has 0 bridgehead atoms. The summed E-state index contributed by atoms with van der Waals surface area (Å²) < 4.78 is 71.0. The van der Waals surface area contributed by atoms with Crippen molar-refractivity contribution in [3.63, 3.8) is 0 Å². The van der Waals surface area contributed by atoms with Crippen molar-refractivity contribution in [1.29, 1.82) is 0 Å². The number of hydrogen-bond acceptors (Lipinski definition) is 3. The summed E-state index contributed by atoms with van der Waals surface area (Å²) >= 11 is 0. The van der Waals surface area contributed by atoms with Crippen LogP contribution < -0.4 is 10.6 Å². The summed E-state index contributed by atoms with van der Waals surface area (Å²) in [6.45, 7) is 0.735. The Morgan fingerprint density at radius 1 is 0.727 bits per heavy atom. The van der Waals surface area contributed by atoms with E-state index in [2.05, 4.69) is 5.32 Å². The van der Waals surface area contributed by atoms with E-state index in [-0.39, 0.29) is 13.0 Å². The van der Waals surface area contributed by atoms with Gasteiger partial charge in [-0.05, 0) is 32.4 Å². The maximum absolute atomic E-state index is 11.9. The van der Waals surface area contributed by atoms with Crippen LogP contribution in [0.4, 0.5) is 26.3 Å². The second-order valence-electron chi connectivity index (χ2n) is 4.59. The standard InChI is InChI=1S/C12H18F6N2O2/c13-11(14,15)9(21)5-2-1-3-6-19-7-4-8-20-10(22)12(16,17)18/h19H,1-8H2,(H,20,22). The van der Waals surface area contributed by atoms with Crippen LogP contribution in [0.15, 0.2) is 0 Å². The number of halogens is 6. The number of Topliss-reactive ketones (excluding diaryl/α,β-unsaturated/α-hetero) is 1. The molecule has 0 unspecified atom stereocenters. The highest BCUT2D eigenvalue weighted by Gasteiger charge is 2.38. The van der Waals surface area contributed by atoms with E-state index in [0.29, 0.717) is 32.4 Å². The summed E-state index contributed by atoms with van der Waals surface area (Å²) in [6, 6.07) is 0. The fourth-order valence-corrected chi connectivity index (χ4v) is 1.49. The summed E-state index contributed by atoms with van der Waals surface area (Å²) in [4.78, 5) is 21.0. The minimum absolute atomic E-state index is 0.120. The number of alkyl halides is 6. The Morgan fingerprint density at radius 3 is 1.86 bits per heavy atom. The van der Waals surface area contributed by atoms with Gasteiger partial charge in [0.25, 0.3) is 0 Å². The molecule has 0 aromatic heterocycles. The topological polar surface area (TPSA) is 58.2 Å². The summed E-state index contributed by atoms with van der Waals surface area (Å²) in [5.74, 6) is -3.72. The summed E-state index contributed by atoms with van der Waals surface area (Å²) in [5, 5.41) is 4.59. The van der Waals surface area contributed by atoms with Gasteiger partial charge in [0.1, 0.15) is 0 Å². The maximum atomic E-state index is 11.9. The Balaban J connectivity index is 3.38. The number of carbonyl (C=O) groups is 2. The molecule has 2 N–H and O–H groups in total. The van der Waals surface area contributed by atoms with E-state index >= 15 is 0 Å². The smallest absolute Gasteiger partial charge is 0.348 e. The van der Waals surface area contributed by atoms with Crippen LogP contribution in [0.5, 0.6) is 0 Å². The van der Waals surface area contributed by atoms with Gasteiger partial charge in [-0.15, -0.1) is 0 Å². The Morgan fingerprint density at radius 2 is 1.32 bits per heavy atom. The number of carbonyl (C=O) groups excluding carboxylic acids is 2. The summed E-state index contributed by atoms with van der Waals surface area (Å²) in [5.41, 5.74) is 0. The molecule has 1 amide bonds. The van der Waals surface area contributed by atoms with Gasteiger partial charge in [-0.25, -0.2) is 0 Å². The molecule has 0 aliphatic rings. The van der Waals surface area contributed by atoms with Crippen LogP contribution in [0.2, 0.25) is 0 Å². The molecule has 0 atom stereocenters. The molecule has 0 heterocycles. The van der Waals surface area contributed by atoms with E-state index in [4.69, 9.17) is 0 Å². The highest BCUT2D eigenvalue weighted by molar-refractivity contribution is 5.83. The van der Waals surface area contributed by atoms with Crippen molar-refractivity contribution in [1.82, 2.24) is 10.6 Å². The third-order valence-corrected chi connectivity index (χ3v) is 2.65. The molecule has 0 spiro atoms. The van der Waals surface area contributed by atoms with Crippen LogP contribution >= 0.6 is 0 Å². The molecule has 22 heavy (non-hydrogen) atoms. The second-order valence-corrected chi connectivity index (χ2v) is 4.59. The van der Waals surface area contributed by atoms with Gasteiger partial charge in [0, 0.05) is 13.0 Å². The van der Waals surface area contributed by atoms with Crippen LogP contribution in [0, 0.1) is 0 Å².